The quantitative estimate of drug-likeness (QED) is 0.502. The molecule has 170 valence electrons. The molecule has 32 heavy (non-hydrogen) atoms. The van der Waals surface area contributed by atoms with Crippen LogP contribution < -0.4 is 16.6 Å². The van der Waals surface area contributed by atoms with E-state index in [1.165, 1.54) is 21.0 Å². The number of hydrogen-bond donors (Lipinski definition) is 2. The van der Waals surface area contributed by atoms with Gasteiger partial charge in [0.25, 0.3) is 5.56 Å². The van der Waals surface area contributed by atoms with Gasteiger partial charge in [0.15, 0.2) is 0 Å². The number of rotatable bonds is 9. The largest absolute Gasteiger partial charge is 0.352 e. The Morgan fingerprint density at radius 2 is 1.69 bits per heavy atom. The van der Waals surface area contributed by atoms with Crippen molar-refractivity contribution in [2.24, 2.45) is 0 Å². The minimum atomic E-state index is -3.53. The van der Waals surface area contributed by atoms with E-state index in [0.717, 1.165) is 5.56 Å². The number of aromatic nitrogens is 2. The van der Waals surface area contributed by atoms with E-state index >= 15 is 0 Å². The van der Waals surface area contributed by atoms with Gasteiger partial charge in [0, 0.05) is 32.6 Å². The van der Waals surface area contributed by atoms with E-state index in [4.69, 9.17) is 0 Å². The van der Waals surface area contributed by atoms with Gasteiger partial charge in [0.1, 0.15) is 0 Å². The van der Waals surface area contributed by atoms with E-state index in [-0.39, 0.29) is 30.3 Å². The number of nitrogens with one attached hydrogen (secondary N) is 2. The second-order valence-corrected chi connectivity index (χ2v) is 9.13. The van der Waals surface area contributed by atoms with Gasteiger partial charge in [-0.15, -0.1) is 0 Å². The molecule has 0 saturated carbocycles. The summed E-state index contributed by atoms with van der Waals surface area (Å²) in [5.41, 5.74) is 0.201. The molecule has 0 bridgehead atoms. The maximum atomic E-state index is 12.5. The summed E-state index contributed by atoms with van der Waals surface area (Å²) in [6, 6.07) is 13.1. The SMILES string of the molecule is CCN(CC)S(=O)(=O)c1ccc(CNC(=O)CCn2c(=O)[nH]c(=O)c3ccccc32)cc1. The van der Waals surface area contributed by atoms with Gasteiger partial charge in [0.2, 0.25) is 15.9 Å². The van der Waals surface area contributed by atoms with Crippen LogP contribution in [0.15, 0.2) is 63.0 Å². The number of H-pyrrole nitrogens is 1. The molecular formula is C22H26N4O5S. The number of carbonyl (C=O) groups excluding carboxylic acids is 1. The third-order valence-electron chi connectivity index (χ3n) is 5.22. The van der Waals surface area contributed by atoms with Gasteiger partial charge in [-0.25, -0.2) is 13.2 Å². The maximum absolute atomic E-state index is 12.5. The van der Waals surface area contributed by atoms with Crippen molar-refractivity contribution >= 4 is 26.8 Å². The lowest BCUT2D eigenvalue weighted by Crippen LogP contribution is -2.32. The van der Waals surface area contributed by atoms with Crippen molar-refractivity contribution in [3.05, 3.63) is 74.9 Å². The Labute approximate surface area is 185 Å². The van der Waals surface area contributed by atoms with Crippen LogP contribution >= 0.6 is 0 Å². The van der Waals surface area contributed by atoms with Crippen molar-refractivity contribution in [3.8, 4) is 0 Å². The van der Waals surface area contributed by atoms with Gasteiger partial charge in [-0.3, -0.25) is 19.1 Å². The van der Waals surface area contributed by atoms with Crippen LogP contribution in [0.2, 0.25) is 0 Å². The van der Waals surface area contributed by atoms with Gasteiger partial charge >= 0.3 is 5.69 Å². The van der Waals surface area contributed by atoms with Gasteiger partial charge in [0.05, 0.1) is 15.8 Å². The molecule has 1 amide bonds. The molecule has 0 aliphatic heterocycles. The molecule has 2 N–H and O–H groups in total. The zero-order chi connectivity index (χ0) is 23.3. The molecule has 3 rings (SSSR count). The molecule has 3 aromatic rings. The lowest BCUT2D eigenvalue weighted by atomic mass is 10.2. The number of amides is 1. The van der Waals surface area contributed by atoms with Crippen molar-refractivity contribution in [1.82, 2.24) is 19.2 Å². The van der Waals surface area contributed by atoms with Crippen molar-refractivity contribution in [2.45, 2.75) is 38.3 Å². The zero-order valence-corrected chi connectivity index (χ0v) is 18.8. The fraction of sp³-hybridized carbons (Fsp3) is 0.318. The average molecular weight is 459 g/mol. The number of carbonyl (C=O) groups is 1. The van der Waals surface area contributed by atoms with Crippen LogP contribution in [0, 0.1) is 0 Å². The molecule has 0 atom stereocenters. The fourth-order valence-corrected chi connectivity index (χ4v) is 4.92. The number of sulfonamides is 1. The topological polar surface area (TPSA) is 121 Å². The predicted molar refractivity (Wildman–Crippen MR) is 122 cm³/mol. The number of benzene rings is 2. The number of fused-ring (bicyclic) bond motifs is 1. The van der Waals surface area contributed by atoms with Crippen LogP contribution in [0.1, 0.15) is 25.8 Å². The number of hydrogen-bond acceptors (Lipinski definition) is 5. The Morgan fingerprint density at radius 3 is 2.34 bits per heavy atom. The summed E-state index contributed by atoms with van der Waals surface area (Å²) >= 11 is 0. The summed E-state index contributed by atoms with van der Waals surface area (Å²) in [6.07, 6.45) is 0.0460. The fourth-order valence-electron chi connectivity index (χ4n) is 3.46. The first-order valence-electron chi connectivity index (χ1n) is 10.4. The van der Waals surface area contributed by atoms with Crippen LogP contribution in [0.4, 0.5) is 0 Å². The lowest BCUT2D eigenvalue weighted by molar-refractivity contribution is -0.121. The molecule has 1 heterocycles. The highest BCUT2D eigenvalue weighted by Crippen LogP contribution is 2.16. The molecular weight excluding hydrogens is 432 g/mol. The highest BCUT2D eigenvalue weighted by molar-refractivity contribution is 7.89. The second-order valence-electron chi connectivity index (χ2n) is 7.19. The summed E-state index contributed by atoms with van der Waals surface area (Å²) in [4.78, 5) is 38.9. The number of aryl methyl sites for hydroxylation is 1. The Bertz CT molecular complexity index is 1320. The monoisotopic (exact) mass is 458 g/mol. The zero-order valence-electron chi connectivity index (χ0n) is 18.0. The molecule has 0 radical (unpaired) electrons. The molecule has 0 aliphatic rings. The smallest absolute Gasteiger partial charge is 0.328 e. The molecule has 0 unspecified atom stereocenters. The molecule has 10 heteroatoms. The number of aromatic amines is 1. The van der Waals surface area contributed by atoms with Crippen LogP contribution in [0.3, 0.4) is 0 Å². The van der Waals surface area contributed by atoms with E-state index < -0.39 is 21.3 Å². The van der Waals surface area contributed by atoms with Crippen molar-refractivity contribution in [2.75, 3.05) is 13.1 Å². The van der Waals surface area contributed by atoms with Gasteiger partial charge in [-0.2, -0.15) is 4.31 Å². The second kappa shape index (κ2) is 9.92. The Hall–Kier alpha value is -3.24. The third kappa shape index (κ3) is 4.97. The first kappa shape index (κ1) is 23.4. The Balaban J connectivity index is 1.62. The average Bonchev–Trinajstić information content (AvgIpc) is 2.78. The highest BCUT2D eigenvalue weighted by atomic mass is 32.2. The van der Waals surface area contributed by atoms with Gasteiger partial charge < -0.3 is 5.32 Å². The minimum absolute atomic E-state index is 0.0460. The summed E-state index contributed by atoms with van der Waals surface area (Å²) in [7, 11) is -3.53. The number of nitrogens with zero attached hydrogens (tertiary/aromatic N) is 2. The summed E-state index contributed by atoms with van der Waals surface area (Å²) < 4.78 is 27.8. The van der Waals surface area contributed by atoms with Gasteiger partial charge in [-0.05, 0) is 29.8 Å². The van der Waals surface area contributed by atoms with E-state index in [0.29, 0.717) is 24.0 Å². The molecule has 0 fully saturated rings. The molecule has 0 saturated heterocycles. The molecule has 2 aromatic carbocycles. The van der Waals surface area contributed by atoms with Crippen LogP contribution in [-0.4, -0.2) is 41.3 Å². The van der Waals surface area contributed by atoms with Crippen molar-refractivity contribution in [1.29, 1.82) is 0 Å². The summed E-state index contributed by atoms with van der Waals surface area (Å²) in [6.45, 7) is 4.70. The normalized spacial score (nSPS) is 11.7. The maximum Gasteiger partial charge on any atom is 0.328 e. The van der Waals surface area contributed by atoms with E-state index in [2.05, 4.69) is 10.3 Å². The predicted octanol–water partition coefficient (Wildman–Crippen LogP) is 1.43. The van der Waals surface area contributed by atoms with Gasteiger partial charge in [-0.1, -0.05) is 38.1 Å². The first-order valence-corrected chi connectivity index (χ1v) is 11.8. The van der Waals surface area contributed by atoms with Crippen LogP contribution in [-0.2, 0) is 27.9 Å². The molecule has 9 nitrogen and oxygen atoms in total. The van der Waals surface area contributed by atoms with Crippen molar-refractivity contribution < 1.29 is 13.2 Å². The molecule has 0 aliphatic carbocycles. The van der Waals surface area contributed by atoms with E-state index in [1.807, 2.05) is 0 Å². The van der Waals surface area contributed by atoms with E-state index in [1.54, 1.807) is 50.2 Å². The number of para-hydroxylation sites is 1. The standard InChI is InChI=1S/C22H26N4O5S/c1-3-25(4-2)32(30,31)17-11-9-16(10-12-17)15-23-20(27)13-14-26-19-8-6-5-7-18(19)21(28)24-22(26)29/h5-12H,3-4,13-15H2,1-2H3,(H,23,27)(H,24,28,29). The Morgan fingerprint density at radius 1 is 1.03 bits per heavy atom. The highest BCUT2D eigenvalue weighted by Gasteiger charge is 2.21. The van der Waals surface area contributed by atoms with E-state index in [9.17, 15) is 22.8 Å². The van der Waals surface area contributed by atoms with Crippen molar-refractivity contribution in [3.63, 3.8) is 0 Å². The third-order valence-corrected chi connectivity index (χ3v) is 7.29. The summed E-state index contributed by atoms with van der Waals surface area (Å²) in [5.74, 6) is -0.271. The Kier molecular flexibility index (Phi) is 7.26. The lowest BCUT2D eigenvalue weighted by Gasteiger charge is -2.18. The van der Waals surface area contributed by atoms with Crippen LogP contribution in [0.5, 0.6) is 0 Å². The molecule has 1 aromatic heterocycles. The first-order chi connectivity index (χ1) is 15.3. The minimum Gasteiger partial charge on any atom is -0.352 e. The molecule has 0 spiro atoms. The van der Waals surface area contributed by atoms with Crippen LogP contribution in [0.25, 0.3) is 10.9 Å². The summed E-state index contributed by atoms with van der Waals surface area (Å²) in [5, 5.41) is 3.15.